The fourth-order valence-corrected chi connectivity index (χ4v) is 4.59. The van der Waals surface area contributed by atoms with Crippen molar-refractivity contribution in [3.05, 3.63) is 66.5 Å². The molecule has 0 spiro atoms. The summed E-state index contributed by atoms with van der Waals surface area (Å²) in [4.78, 5) is 29.5. The summed E-state index contributed by atoms with van der Waals surface area (Å²) in [6.07, 6.45) is 1.99. The van der Waals surface area contributed by atoms with Crippen molar-refractivity contribution in [2.45, 2.75) is 39.4 Å². The highest BCUT2D eigenvalue weighted by Crippen LogP contribution is 2.31. The molecule has 1 amide bonds. The molecule has 1 N–H and O–H groups in total. The van der Waals surface area contributed by atoms with E-state index in [-0.39, 0.29) is 11.2 Å². The van der Waals surface area contributed by atoms with E-state index in [9.17, 15) is 18.0 Å². The molecule has 14 heteroatoms. The molecule has 1 aliphatic rings. The van der Waals surface area contributed by atoms with Crippen LogP contribution in [0, 0.1) is 6.92 Å². The van der Waals surface area contributed by atoms with Crippen LogP contribution in [0.4, 0.5) is 29.3 Å². The van der Waals surface area contributed by atoms with Crippen LogP contribution in [-0.4, -0.2) is 72.7 Å². The number of carbonyl (C=O) groups is 1. The van der Waals surface area contributed by atoms with Crippen LogP contribution in [0.15, 0.2) is 55.2 Å². The summed E-state index contributed by atoms with van der Waals surface area (Å²) in [6.45, 7) is 12.2. The Balaban J connectivity index is 1.28. The van der Waals surface area contributed by atoms with Gasteiger partial charge in [-0.2, -0.15) is 13.2 Å². The van der Waals surface area contributed by atoms with E-state index in [0.29, 0.717) is 23.1 Å². The van der Waals surface area contributed by atoms with Crippen LogP contribution in [0.25, 0.3) is 16.9 Å². The lowest BCUT2D eigenvalue weighted by molar-refractivity contribution is -0.137. The van der Waals surface area contributed by atoms with Gasteiger partial charge in [0.05, 0.1) is 46.9 Å². The molecule has 4 aromatic rings. The zero-order chi connectivity index (χ0) is 30.1. The molecule has 1 aliphatic heterocycles. The van der Waals surface area contributed by atoms with Crippen molar-refractivity contribution in [3.8, 4) is 22.8 Å². The Morgan fingerprint density at radius 3 is 2.48 bits per heavy atom. The quantitative estimate of drug-likeness (QED) is 0.349. The molecule has 11 nitrogen and oxygen atoms in total. The van der Waals surface area contributed by atoms with E-state index in [1.807, 2.05) is 12.3 Å². The molecule has 5 heterocycles. The highest BCUT2D eigenvalue weighted by molar-refractivity contribution is 5.86. The van der Waals surface area contributed by atoms with Crippen molar-refractivity contribution in [2.24, 2.45) is 0 Å². The van der Waals surface area contributed by atoms with Gasteiger partial charge in [0.15, 0.2) is 0 Å². The predicted molar refractivity (Wildman–Crippen MR) is 150 cm³/mol. The van der Waals surface area contributed by atoms with E-state index in [2.05, 4.69) is 61.2 Å². The van der Waals surface area contributed by atoms with Crippen LogP contribution in [-0.2, 0) is 6.18 Å². The van der Waals surface area contributed by atoms with Crippen molar-refractivity contribution in [2.75, 3.05) is 36.4 Å². The second-order valence-electron chi connectivity index (χ2n) is 10.8. The summed E-state index contributed by atoms with van der Waals surface area (Å²) in [5.41, 5.74) is 2.94. The second kappa shape index (κ2) is 11.4. The SMILES string of the molecule is Cc1ncc(NC(=O)Oc2cc(C(F)(F)F)ccn2)cc1-n1cc(-c2cncc(N3CCN(C(C)(C)C)CC3)c2)nn1. The smallest absolute Gasteiger partial charge is 0.391 e. The third-order valence-corrected chi connectivity index (χ3v) is 6.92. The summed E-state index contributed by atoms with van der Waals surface area (Å²) < 4.78 is 45.3. The van der Waals surface area contributed by atoms with Gasteiger partial charge < -0.3 is 9.64 Å². The van der Waals surface area contributed by atoms with Crippen molar-refractivity contribution in [1.29, 1.82) is 0 Å². The highest BCUT2D eigenvalue weighted by Gasteiger charge is 2.31. The topological polar surface area (TPSA) is 114 Å². The van der Waals surface area contributed by atoms with Crippen molar-refractivity contribution in [1.82, 2.24) is 34.8 Å². The summed E-state index contributed by atoms with van der Waals surface area (Å²) >= 11 is 0. The number of amides is 1. The van der Waals surface area contributed by atoms with Crippen LogP contribution < -0.4 is 15.0 Å². The van der Waals surface area contributed by atoms with Crippen LogP contribution >= 0.6 is 0 Å². The Hall–Kier alpha value is -4.59. The number of ether oxygens (including phenoxy) is 1. The molecule has 0 unspecified atom stereocenters. The van der Waals surface area contributed by atoms with E-state index in [4.69, 9.17) is 4.74 Å². The van der Waals surface area contributed by atoms with E-state index < -0.39 is 23.7 Å². The van der Waals surface area contributed by atoms with Crippen LogP contribution in [0.5, 0.6) is 5.88 Å². The number of nitrogens with zero attached hydrogens (tertiary/aromatic N) is 8. The number of anilines is 2. The monoisotopic (exact) mass is 581 g/mol. The van der Waals surface area contributed by atoms with Gasteiger partial charge in [0.25, 0.3) is 0 Å². The number of alkyl halides is 3. The molecule has 1 saturated heterocycles. The highest BCUT2D eigenvalue weighted by atomic mass is 19.4. The average molecular weight is 582 g/mol. The van der Waals surface area contributed by atoms with E-state index in [0.717, 1.165) is 49.7 Å². The molecule has 0 bridgehead atoms. The van der Waals surface area contributed by atoms with Crippen molar-refractivity contribution >= 4 is 17.5 Å². The molecular formula is C28H30F3N9O2. The first-order chi connectivity index (χ1) is 19.9. The summed E-state index contributed by atoms with van der Waals surface area (Å²) in [7, 11) is 0. The number of pyridine rings is 3. The minimum atomic E-state index is -4.59. The number of piperazine rings is 1. The number of aromatic nitrogens is 6. The van der Waals surface area contributed by atoms with Crippen LogP contribution in [0.3, 0.4) is 0 Å². The van der Waals surface area contributed by atoms with Gasteiger partial charge in [-0.25, -0.2) is 14.5 Å². The summed E-state index contributed by atoms with van der Waals surface area (Å²) in [5, 5.41) is 11.0. The molecule has 0 saturated carbocycles. The Morgan fingerprint density at radius 1 is 1.00 bits per heavy atom. The molecule has 42 heavy (non-hydrogen) atoms. The molecule has 0 aromatic carbocycles. The number of halogens is 3. The lowest BCUT2D eigenvalue weighted by Gasteiger charge is -2.43. The van der Waals surface area contributed by atoms with E-state index in [1.165, 1.54) is 10.9 Å². The first kappa shape index (κ1) is 28.9. The minimum Gasteiger partial charge on any atom is -0.391 e. The number of rotatable bonds is 5. The molecule has 4 aromatic heterocycles. The number of carbonyl (C=O) groups excluding carboxylic acids is 1. The molecular weight excluding hydrogens is 551 g/mol. The molecule has 5 rings (SSSR count). The number of nitrogens with one attached hydrogen (secondary N) is 1. The number of aryl methyl sites for hydroxylation is 1. The van der Waals surface area contributed by atoms with Gasteiger partial charge in [-0.15, -0.1) is 5.10 Å². The van der Waals surface area contributed by atoms with Crippen molar-refractivity contribution < 1.29 is 22.7 Å². The van der Waals surface area contributed by atoms with Crippen LogP contribution in [0.2, 0.25) is 0 Å². The molecule has 0 atom stereocenters. The first-order valence-electron chi connectivity index (χ1n) is 13.2. The molecule has 220 valence electrons. The van der Waals surface area contributed by atoms with Gasteiger partial charge >= 0.3 is 12.3 Å². The third kappa shape index (κ3) is 6.65. The Labute approximate surface area is 240 Å². The largest absolute Gasteiger partial charge is 0.418 e. The Bertz CT molecular complexity index is 1580. The number of hydrogen-bond acceptors (Lipinski definition) is 9. The van der Waals surface area contributed by atoms with Gasteiger partial charge in [0.1, 0.15) is 5.69 Å². The number of hydrogen-bond donors (Lipinski definition) is 1. The first-order valence-corrected chi connectivity index (χ1v) is 13.2. The standard InChI is InChI=1S/C28H30F3N9O2/c1-18-24(13-21(15-34-18)35-26(41)42-25-12-20(5-6-33-25)28(29,30)31)40-17-23(36-37-40)19-11-22(16-32-14-19)38-7-9-39(10-8-38)27(2,3)4/h5-6,11-17H,7-10H2,1-4H3,(H,35,41). The predicted octanol–water partition coefficient (Wildman–Crippen LogP) is 4.98. The minimum absolute atomic E-state index is 0.130. The van der Waals surface area contributed by atoms with Gasteiger partial charge in [0, 0.05) is 55.7 Å². The van der Waals surface area contributed by atoms with Gasteiger partial charge in [-0.05, 0) is 45.9 Å². The summed E-state index contributed by atoms with van der Waals surface area (Å²) in [5.74, 6) is -0.490. The zero-order valence-corrected chi connectivity index (χ0v) is 23.6. The second-order valence-corrected chi connectivity index (χ2v) is 10.8. The molecule has 1 fully saturated rings. The zero-order valence-electron chi connectivity index (χ0n) is 23.6. The Morgan fingerprint density at radius 2 is 1.76 bits per heavy atom. The van der Waals surface area contributed by atoms with Gasteiger partial charge in [0.2, 0.25) is 5.88 Å². The third-order valence-electron chi connectivity index (χ3n) is 6.92. The maximum absolute atomic E-state index is 12.9. The fraction of sp³-hybridized carbons (Fsp3) is 0.357. The normalized spacial score (nSPS) is 14.6. The summed E-state index contributed by atoms with van der Waals surface area (Å²) in [6, 6.07) is 5.07. The van der Waals surface area contributed by atoms with Gasteiger partial charge in [-0.3, -0.25) is 20.2 Å². The maximum atomic E-state index is 12.9. The Kier molecular flexibility index (Phi) is 7.82. The maximum Gasteiger partial charge on any atom is 0.418 e. The lowest BCUT2D eigenvalue weighted by Crippen LogP contribution is -2.53. The lowest BCUT2D eigenvalue weighted by atomic mass is 10.0. The van der Waals surface area contributed by atoms with Gasteiger partial charge in [-0.1, -0.05) is 5.21 Å². The van der Waals surface area contributed by atoms with Crippen LogP contribution in [0.1, 0.15) is 32.0 Å². The molecule has 0 radical (unpaired) electrons. The van der Waals surface area contributed by atoms with E-state index in [1.54, 1.807) is 25.4 Å². The van der Waals surface area contributed by atoms with E-state index >= 15 is 0 Å². The fourth-order valence-electron chi connectivity index (χ4n) is 4.59. The molecule has 0 aliphatic carbocycles. The van der Waals surface area contributed by atoms with Crippen molar-refractivity contribution in [3.63, 3.8) is 0 Å². The average Bonchev–Trinajstić information content (AvgIpc) is 3.44.